The van der Waals surface area contributed by atoms with Gasteiger partial charge >= 0.3 is 0 Å². The molecule has 0 radical (unpaired) electrons. The van der Waals surface area contributed by atoms with Crippen molar-refractivity contribution in [3.05, 3.63) is 23.7 Å². The van der Waals surface area contributed by atoms with Gasteiger partial charge in [-0.15, -0.1) is 0 Å². The molecule has 1 aromatic rings. The van der Waals surface area contributed by atoms with Gasteiger partial charge in [0.1, 0.15) is 11.5 Å². The summed E-state index contributed by atoms with van der Waals surface area (Å²) in [6.45, 7) is 7.19. The van der Waals surface area contributed by atoms with Gasteiger partial charge < -0.3 is 20.4 Å². The van der Waals surface area contributed by atoms with Crippen molar-refractivity contribution >= 4 is 0 Å². The van der Waals surface area contributed by atoms with Crippen LogP contribution in [-0.4, -0.2) is 37.1 Å². The fourth-order valence-electron chi connectivity index (χ4n) is 2.21. The summed E-state index contributed by atoms with van der Waals surface area (Å²) in [5.74, 6) is 2.00. The molecule has 0 aromatic carbocycles. The lowest BCUT2D eigenvalue weighted by atomic mass is 10.1. The summed E-state index contributed by atoms with van der Waals surface area (Å²) in [7, 11) is 0. The van der Waals surface area contributed by atoms with Crippen LogP contribution in [-0.2, 0) is 6.54 Å². The Morgan fingerprint density at radius 2 is 2.18 bits per heavy atom. The average molecular weight is 237 g/mol. The maximum Gasteiger partial charge on any atom is 0.117 e. The molecule has 0 amide bonds. The number of rotatable bonds is 5. The van der Waals surface area contributed by atoms with Crippen molar-refractivity contribution in [3.63, 3.8) is 0 Å². The summed E-state index contributed by atoms with van der Waals surface area (Å²) in [4.78, 5) is 2.48. The molecule has 0 unspecified atom stereocenters. The Balaban J connectivity index is 1.57. The predicted octanol–water partition coefficient (Wildman–Crippen LogP) is 1.10. The van der Waals surface area contributed by atoms with Gasteiger partial charge in [0.15, 0.2) is 0 Å². The van der Waals surface area contributed by atoms with E-state index in [4.69, 9.17) is 10.2 Å². The van der Waals surface area contributed by atoms with Crippen molar-refractivity contribution in [1.29, 1.82) is 0 Å². The summed E-state index contributed by atoms with van der Waals surface area (Å²) in [6.07, 6.45) is 2.27. The van der Waals surface area contributed by atoms with E-state index in [2.05, 4.69) is 10.2 Å². The lowest BCUT2D eigenvalue weighted by Crippen LogP contribution is -2.42. The topological polar surface area (TPSA) is 54.4 Å². The number of nitrogens with one attached hydrogen (secondary N) is 1. The SMILES string of the molecule is Cc1ccc(CNCCN2CCC(N)CC2)o1. The lowest BCUT2D eigenvalue weighted by Gasteiger charge is -2.29. The lowest BCUT2D eigenvalue weighted by molar-refractivity contribution is 0.213. The largest absolute Gasteiger partial charge is 0.465 e. The Hall–Kier alpha value is -0.840. The molecular formula is C13H23N3O. The molecule has 0 saturated carbocycles. The number of hydrogen-bond acceptors (Lipinski definition) is 4. The third kappa shape index (κ3) is 4.15. The van der Waals surface area contributed by atoms with Crippen LogP contribution in [0.4, 0.5) is 0 Å². The second-order valence-corrected chi connectivity index (χ2v) is 4.87. The van der Waals surface area contributed by atoms with Crippen LogP contribution in [0.25, 0.3) is 0 Å². The highest BCUT2D eigenvalue weighted by Gasteiger charge is 2.14. The molecule has 1 aliphatic heterocycles. The van der Waals surface area contributed by atoms with E-state index >= 15 is 0 Å². The number of furan rings is 1. The smallest absolute Gasteiger partial charge is 0.117 e. The van der Waals surface area contributed by atoms with Crippen molar-refractivity contribution in [2.75, 3.05) is 26.2 Å². The zero-order valence-corrected chi connectivity index (χ0v) is 10.6. The minimum atomic E-state index is 0.422. The quantitative estimate of drug-likeness (QED) is 0.753. The molecule has 0 aliphatic carbocycles. The van der Waals surface area contributed by atoms with E-state index in [9.17, 15) is 0 Å². The second kappa shape index (κ2) is 6.19. The first-order chi connectivity index (χ1) is 8.24. The normalized spacial score (nSPS) is 18.7. The van der Waals surface area contributed by atoms with Crippen LogP contribution >= 0.6 is 0 Å². The molecule has 1 aliphatic rings. The van der Waals surface area contributed by atoms with Crippen molar-refractivity contribution in [2.45, 2.75) is 32.4 Å². The van der Waals surface area contributed by atoms with E-state index in [1.165, 1.54) is 0 Å². The van der Waals surface area contributed by atoms with E-state index < -0.39 is 0 Å². The standard InChI is InChI=1S/C13H23N3O/c1-11-2-3-13(17-11)10-15-6-9-16-7-4-12(14)5-8-16/h2-3,12,15H,4-10,14H2,1H3. The van der Waals surface area contributed by atoms with Crippen LogP contribution in [0.15, 0.2) is 16.5 Å². The fourth-order valence-corrected chi connectivity index (χ4v) is 2.21. The highest BCUT2D eigenvalue weighted by atomic mass is 16.3. The molecule has 4 heteroatoms. The first kappa shape index (κ1) is 12.6. The Morgan fingerprint density at radius 1 is 1.41 bits per heavy atom. The number of nitrogens with two attached hydrogens (primary N) is 1. The number of likely N-dealkylation sites (tertiary alicyclic amines) is 1. The minimum absolute atomic E-state index is 0.422. The molecule has 3 N–H and O–H groups in total. The van der Waals surface area contributed by atoms with Gasteiger partial charge in [-0.25, -0.2) is 0 Å². The first-order valence-electron chi connectivity index (χ1n) is 6.48. The van der Waals surface area contributed by atoms with Gasteiger partial charge in [0.2, 0.25) is 0 Å². The van der Waals surface area contributed by atoms with Gasteiger partial charge in [-0.2, -0.15) is 0 Å². The summed E-state index contributed by atoms with van der Waals surface area (Å²) >= 11 is 0. The Bertz CT molecular complexity index is 329. The van der Waals surface area contributed by atoms with Gasteiger partial charge in [0, 0.05) is 19.1 Å². The van der Waals surface area contributed by atoms with Crippen molar-refractivity contribution in [1.82, 2.24) is 10.2 Å². The van der Waals surface area contributed by atoms with Gasteiger partial charge in [0.05, 0.1) is 6.54 Å². The summed E-state index contributed by atoms with van der Waals surface area (Å²) in [6, 6.07) is 4.45. The minimum Gasteiger partial charge on any atom is -0.465 e. The van der Waals surface area contributed by atoms with Gasteiger partial charge in [-0.3, -0.25) is 0 Å². The number of nitrogens with zero attached hydrogens (tertiary/aromatic N) is 1. The van der Waals surface area contributed by atoms with Crippen LogP contribution in [0.3, 0.4) is 0 Å². The molecule has 0 atom stereocenters. The molecule has 96 valence electrons. The molecule has 0 spiro atoms. The number of piperidine rings is 1. The molecular weight excluding hydrogens is 214 g/mol. The molecule has 1 aromatic heterocycles. The van der Waals surface area contributed by atoms with Crippen LogP contribution < -0.4 is 11.1 Å². The molecule has 1 fully saturated rings. The summed E-state index contributed by atoms with van der Waals surface area (Å²) < 4.78 is 5.50. The number of hydrogen-bond donors (Lipinski definition) is 2. The van der Waals surface area contributed by atoms with Crippen molar-refractivity contribution < 1.29 is 4.42 Å². The molecule has 2 heterocycles. The Kier molecular flexibility index (Phi) is 4.59. The van der Waals surface area contributed by atoms with Gasteiger partial charge in [-0.1, -0.05) is 0 Å². The second-order valence-electron chi connectivity index (χ2n) is 4.87. The van der Waals surface area contributed by atoms with Crippen LogP contribution in [0.5, 0.6) is 0 Å². The maximum absolute atomic E-state index is 5.88. The Labute approximate surface area is 103 Å². The van der Waals surface area contributed by atoms with E-state index in [0.29, 0.717) is 6.04 Å². The van der Waals surface area contributed by atoms with Crippen LogP contribution in [0, 0.1) is 6.92 Å². The molecule has 2 rings (SSSR count). The third-order valence-electron chi connectivity index (χ3n) is 3.33. The van der Waals surface area contributed by atoms with E-state index in [1.54, 1.807) is 0 Å². The molecule has 0 bridgehead atoms. The zero-order valence-electron chi connectivity index (χ0n) is 10.6. The van der Waals surface area contributed by atoms with Gasteiger partial charge in [-0.05, 0) is 45.0 Å². The number of aryl methyl sites for hydroxylation is 1. The molecule has 1 saturated heterocycles. The third-order valence-corrected chi connectivity index (χ3v) is 3.33. The Morgan fingerprint density at radius 3 is 2.82 bits per heavy atom. The summed E-state index contributed by atoms with van der Waals surface area (Å²) in [5.41, 5.74) is 5.88. The van der Waals surface area contributed by atoms with E-state index in [1.807, 2.05) is 19.1 Å². The van der Waals surface area contributed by atoms with Crippen LogP contribution in [0.1, 0.15) is 24.4 Å². The predicted molar refractivity (Wildman–Crippen MR) is 68.8 cm³/mol. The first-order valence-corrected chi connectivity index (χ1v) is 6.48. The average Bonchev–Trinajstić information content (AvgIpc) is 2.73. The van der Waals surface area contributed by atoms with E-state index in [-0.39, 0.29) is 0 Å². The van der Waals surface area contributed by atoms with E-state index in [0.717, 1.165) is 57.1 Å². The molecule has 4 nitrogen and oxygen atoms in total. The van der Waals surface area contributed by atoms with Crippen molar-refractivity contribution in [2.24, 2.45) is 5.73 Å². The molecule has 17 heavy (non-hydrogen) atoms. The highest BCUT2D eigenvalue weighted by Crippen LogP contribution is 2.07. The zero-order chi connectivity index (χ0) is 12.1. The fraction of sp³-hybridized carbons (Fsp3) is 0.692. The maximum atomic E-state index is 5.88. The van der Waals surface area contributed by atoms with Gasteiger partial charge in [0.25, 0.3) is 0 Å². The monoisotopic (exact) mass is 237 g/mol. The van der Waals surface area contributed by atoms with Crippen molar-refractivity contribution in [3.8, 4) is 0 Å². The highest BCUT2D eigenvalue weighted by molar-refractivity contribution is 5.05. The van der Waals surface area contributed by atoms with Crippen LogP contribution in [0.2, 0.25) is 0 Å². The summed E-state index contributed by atoms with van der Waals surface area (Å²) in [5, 5.41) is 3.41.